The van der Waals surface area contributed by atoms with Crippen molar-refractivity contribution >= 4 is 11.9 Å². The summed E-state index contributed by atoms with van der Waals surface area (Å²) in [5, 5.41) is 287. The van der Waals surface area contributed by atoms with Gasteiger partial charge in [0.15, 0.2) is 37.7 Å². The lowest BCUT2D eigenvalue weighted by atomic mass is 9.89. The molecule has 0 amide bonds. The number of esters is 2. The van der Waals surface area contributed by atoms with Crippen LogP contribution in [0.5, 0.6) is 0 Å². The van der Waals surface area contributed by atoms with Gasteiger partial charge in [-0.2, -0.15) is 0 Å². The van der Waals surface area contributed by atoms with Crippen LogP contribution in [0.15, 0.2) is 60.7 Å². The van der Waals surface area contributed by atoms with Gasteiger partial charge < -0.3 is 234 Å². The molecule has 8 saturated heterocycles. The minimum absolute atomic E-state index is 0.405. The lowest BCUT2D eigenvalue weighted by molar-refractivity contribution is -0.389. The molecule has 46 atom stereocenters. The van der Waals surface area contributed by atoms with Crippen LogP contribution in [0.3, 0.4) is 0 Å². The van der Waals surface area contributed by atoms with Gasteiger partial charge in [0, 0.05) is 24.7 Å². The molecule has 2 aromatic rings. The number of aliphatic hydroxyl groups excluding tert-OH is 26. The Hall–Kier alpha value is -4.42. The minimum Gasteiger partial charge on any atom is -0.457 e. The van der Waals surface area contributed by atoms with Crippen LogP contribution in [0, 0.1) is 11.8 Å². The van der Waals surface area contributed by atoms with E-state index in [1.807, 2.05) is 0 Å². The van der Waals surface area contributed by atoms with E-state index in [9.17, 15) is 142 Å². The second-order valence-electron chi connectivity index (χ2n) is 32.9. The first-order chi connectivity index (χ1) is 60.2. The zero-order valence-electron chi connectivity index (χ0n) is 69.4. The maximum atomic E-state index is 14.1. The number of rotatable bonds is 40. The fourth-order valence-corrected chi connectivity index (χ4v) is 15.9. The van der Waals surface area contributed by atoms with Crippen LogP contribution in [-0.4, -0.2) is 480 Å². The van der Waals surface area contributed by atoms with Gasteiger partial charge in [-0.25, -0.2) is 9.59 Å². The highest BCUT2D eigenvalue weighted by Gasteiger charge is 2.62. The maximum Gasteiger partial charge on any atom is 0.367 e. The third-order valence-corrected chi connectivity index (χ3v) is 23.9. The van der Waals surface area contributed by atoms with E-state index < -0.39 is 385 Å². The lowest BCUT2D eigenvalue weighted by Gasteiger charge is -2.50. The predicted molar refractivity (Wildman–Crippen MR) is 409 cm³/mol. The fourth-order valence-electron chi connectivity index (χ4n) is 15.9. The molecule has 49 nitrogen and oxygen atoms in total. The summed E-state index contributed by atoms with van der Waals surface area (Å²) in [4.78, 5) is 28.2. The molecule has 0 saturated carbocycles. The van der Waals surface area contributed by atoms with Crippen molar-refractivity contribution in [2.45, 2.75) is 323 Å². The van der Waals surface area contributed by atoms with Crippen molar-refractivity contribution in [2.24, 2.45) is 23.3 Å². The Kier molecular flexibility index (Phi) is 38.5. The van der Waals surface area contributed by atoms with Gasteiger partial charge in [-0.1, -0.05) is 74.5 Å². The van der Waals surface area contributed by atoms with Crippen LogP contribution in [0.4, 0.5) is 0 Å². The number of carbonyl (C=O) groups excluding carboxylic acids is 2. The summed E-state index contributed by atoms with van der Waals surface area (Å²) in [5.74, 6) is -10.8. The smallest absolute Gasteiger partial charge is 0.367 e. The summed E-state index contributed by atoms with van der Waals surface area (Å²) >= 11 is 0. The fraction of sp³-hybridized carbons (Fsp3) is 0.821. The Morgan fingerprint density at radius 1 is 0.433 bits per heavy atom. The molecule has 30 N–H and O–H groups in total. The van der Waals surface area contributed by atoms with Crippen molar-refractivity contribution in [3.8, 4) is 0 Å². The molecule has 17 unspecified atom stereocenters. The molecule has 8 fully saturated rings. The van der Waals surface area contributed by atoms with Crippen molar-refractivity contribution in [1.29, 1.82) is 0 Å². The topological polar surface area (TPSA) is 788 Å². The number of ether oxygens (including phenoxy) is 19. The molecule has 49 heteroatoms. The highest BCUT2D eigenvalue weighted by Crippen LogP contribution is 2.42. The van der Waals surface area contributed by atoms with Crippen LogP contribution >= 0.6 is 0 Å². The summed E-state index contributed by atoms with van der Waals surface area (Å²) in [7, 11) is 0. The molecule has 10 rings (SSSR count). The van der Waals surface area contributed by atoms with E-state index in [0.29, 0.717) is 11.1 Å². The first-order valence-corrected chi connectivity index (χ1v) is 41.5. The van der Waals surface area contributed by atoms with Crippen molar-refractivity contribution in [1.82, 2.24) is 0 Å². The van der Waals surface area contributed by atoms with Crippen molar-refractivity contribution in [3.05, 3.63) is 71.8 Å². The molecule has 8 aliphatic rings. The molecule has 0 bridgehead atoms. The lowest BCUT2D eigenvalue weighted by Crippen LogP contribution is -2.67. The first-order valence-electron chi connectivity index (χ1n) is 41.5. The number of carbonyl (C=O) groups is 2. The zero-order valence-corrected chi connectivity index (χ0v) is 69.4. The van der Waals surface area contributed by atoms with Gasteiger partial charge in [0.2, 0.25) is 0 Å². The average molecular weight is 1840 g/mol. The van der Waals surface area contributed by atoms with E-state index >= 15 is 0 Å². The average Bonchev–Trinajstić information content (AvgIpc) is 0.767. The Morgan fingerprint density at radius 3 is 1.27 bits per heavy atom. The number of aliphatic hydroxyl groups is 26. The van der Waals surface area contributed by atoms with Crippen LogP contribution in [0.1, 0.15) is 51.7 Å². The summed E-state index contributed by atoms with van der Waals surface area (Å²) in [6.45, 7) is -5.47. The van der Waals surface area contributed by atoms with Crippen LogP contribution in [0.25, 0.3) is 0 Å². The zero-order chi connectivity index (χ0) is 93.1. The van der Waals surface area contributed by atoms with Crippen LogP contribution in [-0.2, 0) is 113 Å². The van der Waals surface area contributed by atoms with Gasteiger partial charge in [-0.15, -0.1) is 0 Å². The van der Waals surface area contributed by atoms with Gasteiger partial charge in [-0.05, 0) is 25.0 Å². The van der Waals surface area contributed by atoms with Gasteiger partial charge in [0.25, 0.3) is 11.6 Å². The molecule has 2 aromatic carbocycles. The Bertz CT molecular complexity index is 3610. The normalized spacial score (nSPS) is 43.0. The SMILES string of the molecule is CC1C(O)[C@H](O[C@@H]2OC(CO[C@]3(C(=O)OCc4ccccc4)C[C@@H](O)[C@@H](N)C([C@H](O)C(O)CO)O3)[C@H](O)C(O)[C@@H]2O)[C@H](CO)O[C@H]1OC[C@@H](OCC1O[C@@H](C)C(O)[C@@H](O[C@H]2O[C@H](CO)[C@@H](O)C(O)C2O[C@@H]2OC(CO)[C@@H](O[C@@H]3OC(CO[C@]4(C(=O)OCc5ccccc5)C[C@@H](O)[C@@H](N)C([C@H](O)C(O)CO)O4)[C@H](O)C(O)[C@@H]3O)C(O)[C@@H]2C)[C@@H]1O)OC(CO)[C@@H](O)[C@@H](C)O. The number of hydrogen-bond donors (Lipinski definition) is 28. The number of hydrogen-bond acceptors (Lipinski definition) is 49. The van der Waals surface area contributed by atoms with Gasteiger partial charge in [0.05, 0.1) is 108 Å². The van der Waals surface area contributed by atoms with E-state index in [4.69, 9.17) is 101 Å². The van der Waals surface area contributed by atoms with Crippen LogP contribution < -0.4 is 11.5 Å². The highest BCUT2D eigenvalue weighted by atomic mass is 16.8. The molecular formula is C78H124N2O47. The van der Waals surface area contributed by atoms with Crippen molar-refractivity contribution in [3.63, 3.8) is 0 Å². The highest BCUT2D eigenvalue weighted by molar-refractivity contribution is 5.79. The van der Waals surface area contributed by atoms with Crippen molar-refractivity contribution in [2.75, 3.05) is 66.1 Å². The molecule has 127 heavy (non-hydrogen) atoms. The van der Waals surface area contributed by atoms with Crippen LogP contribution in [0.2, 0.25) is 0 Å². The third kappa shape index (κ3) is 24.3. The molecule has 728 valence electrons. The largest absolute Gasteiger partial charge is 0.457 e. The summed E-state index contributed by atoms with van der Waals surface area (Å²) in [6.07, 6.45) is -77.1. The maximum absolute atomic E-state index is 14.1. The Balaban J connectivity index is 0.793. The molecule has 0 radical (unpaired) electrons. The monoisotopic (exact) mass is 1840 g/mol. The second-order valence-corrected chi connectivity index (χ2v) is 32.9. The summed E-state index contributed by atoms with van der Waals surface area (Å²) in [6, 6.07) is 13.3. The standard InChI is InChI=1S/C78H124N2O47/c1-29-49(92)64(122-72-62(105)59(102)56(99)44(120-72)26-113-77(75(107)111-23-33-11-7-5-8-12-33)15-35(88)47(79)66(126-77)53(96)37(90)17-81)41(21-85)118-70(29)110-28-46(116-39(19-83)51(94)31(3)87)109-25-43-58(101)68(52(95)32(4)115-43)124-74-69(61(104)55(98)40(20-84)117-74)125-71-30(2)50(93)65(42(22-86)119-71)123-73-63(106)60(103)57(100)45(121-73)27-114-78(76(108)112-24-34-13-9-6-10-14-34)16-36(89)48(80)67(127-78)54(97)38(91)18-82/h5-14,29-32,35-74,81-106H,15-28,79-80H2,1-4H3/t29?,30-,31+,32-,35+,36+,37?,38?,39?,40+,41-,42?,43?,44?,45?,46-,47+,48+,49?,50?,51-,52?,53+,54+,55+,56-,57-,58+,59?,60?,61?,62-,63-,64+,65+,66?,67?,68+,69?,70+,71-,72-,73-,74+,77+,78+/m0/s1. The van der Waals surface area contributed by atoms with Crippen molar-refractivity contribution < 1.29 is 232 Å². The molecule has 0 aliphatic carbocycles. The molecular weight excluding hydrogens is 1720 g/mol. The van der Waals surface area contributed by atoms with Gasteiger partial charge in [-0.3, -0.25) is 0 Å². The minimum atomic E-state index is -2.76. The van der Waals surface area contributed by atoms with Gasteiger partial charge in [0.1, 0.15) is 191 Å². The second kappa shape index (κ2) is 46.7. The Labute approximate surface area is 725 Å². The third-order valence-electron chi connectivity index (χ3n) is 23.9. The van der Waals surface area contributed by atoms with E-state index in [1.165, 1.54) is 20.8 Å². The van der Waals surface area contributed by atoms with E-state index in [-0.39, 0.29) is 0 Å². The summed E-state index contributed by atoms with van der Waals surface area (Å²) in [5.41, 5.74) is 13.2. The quantitative estimate of drug-likeness (QED) is 0.0218. The molecule has 8 heterocycles. The number of nitrogens with two attached hydrogens (primary N) is 2. The molecule has 0 spiro atoms. The van der Waals surface area contributed by atoms with E-state index in [0.717, 1.165) is 6.92 Å². The molecule has 0 aromatic heterocycles. The summed E-state index contributed by atoms with van der Waals surface area (Å²) < 4.78 is 113. The van der Waals surface area contributed by atoms with E-state index in [2.05, 4.69) is 0 Å². The van der Waals surface area contributed by atoms with Gasteiger partial charge >= 0.3 is 11.9 Å². The molecule has 8 aliphatic heterocycles. The Morgan fingerprint density at radius 2 is 0.835 bits per heavy atom. The first kappa shape index (κ1) is 105. The predicted octanol–water partition coefficient (Wildman–Crippen LogP) is -14.7. The van der Waals surface area contributed by atoms with E-state index in [1.54, 1.807) is 60.7 Å². The number of benzene rings is 2.